The van der Waals surface area contributed by atoms with Crippen molar-refractivity contribution in [3.05, 3.63) is 63.3 Å². The third kappa shape index (κ3) is 4.10. The predicted octanol–water partition coefficient (Wildman–Crippen LogP) is 5.45. The van der Waals surface area contributed by atoms with E-state index in [1.54, 1.807) is 41.3 Å². The highest BCUT2D eigenvalue weighted by atomic mass is 35.5. The summed E-state index contributed by atoms with van der Waals surface area (Å²) in [6, 6.07) is 9.71. The summed E-state index contributed by atoms with van der Waals surface area (Å²) in [5.74, 6) is 0.568. The van der Waals surface area contributed by atoms with Crippen LogP contribution in [0.3, 0.4) is 0 Å². The fourth-order valence-corrected chi connectivity index (χ4v) is 2.94. The summed E-state index contributed by atoms with van der Waals surface area (Å²) >= 11 is 11.9. The number of hydrogen-bond acceptors (Lipinski definition) is 4. The molecule has 1 amide bonds. The summed E-state index contributed by atoms with van der Waals surface area (Å²) in [6.07, 6.45) is 1.14. The van der Waals surface area contributed by atoms with Crippen LogP contribution in [0.2, 0.25) is 10.0 Å². The van der Waals surface area contributed by atoms with Crippen molar-refractivity contribution < 1.29 is 19.1 Å². The highest BCUT2D eigenvalue weighted by Gasteiger charge is 2.28. The Morgan fingerprint density at radius 3 is 2.52 bits per heavy atom. The number of rotatable bonds is 4. The molecule has 2 aromatic rings. The van der Waals surface area contributed by atoms with Crippen molar-refractivity contribution in [3.63, 3.8) is 0 Å². The van der Waals surface area contributed by atoms with Crippen molar-refractivity contribution >= 4 is 41.2 Å². The van der Waals surface area contributed by atoms with E-state index in [1.165, 1.54) is 6.07 Å². The van der Waals surface area contributed by atoms with Gasteiger partial charge in [-0.3, -0.25) is 4.79 Å². The fourth-order valence-electron chi connectivity index (χ4n) is 2.63. The maximum Gasteiger partial charge on any atom is 0.415 e. The Morgan fingerprint density at radius 1 is 1.11 bits per heavy atom. The van der Waals surface area contributed by atoms with Gasteiger partial charge in [0.1, 0.15) is 11.5 Å². The number of amides is 1. The molecule has 2 aromatic carbocycles. The molecule has 3 rings (SSSR count). The zero-order valence-corrected chi connectivity index (χ0v) is 16.3. The quantitative estimate of drug-likeness (QED) is 0.634. The topological polar surface area (TPSA) is 55.8 Å². The van der Waals surface area contributed by atoms with Crippen molar-refractivity contribution in [3.8, 4) is 11.5 Å². The van der Waals surface area contributed by atoms with Gasteiger partial charge in [-0.2, -0.15) is 0 Å². The normalized spacial score (nSPS) is 14.1. The van der Waals surface area contributed by atoms with E-state index in [-0.39, 0.29) is 11.5 Å². The smallest absolute Gasteiger partial charge is 0.415 e. The third-order valence-electron chi connectivity index (χ3n) is 4.11. The molecule has 7 heteroatoms. The van der Waals surface area contributed by atoms with Gasteiger partial charge in [-0.05, 0) is 49.8 Å². The molecule has 5 nitrogen and oxygen atoms in total. The molecule has 0 atom stereocenters. The Bertz CT molecular complexity index is 936. The average Bonchev–Trinajstić information content (AvgIpc) is 2.94. The van der Waals surface area contributed by atoms with Gasteiger partial charge in [-0.1, -0.05) is 29.3 Å². The summed E-state index contributed by atoms with van der Waals surface area (Å²) in [5.41, 5.74) is 1.10. The summed E-state index contributed by atoms with van der Waals surface area (Å²) < 4.78 is 11.0. The second-order valence-corrected chi connectivity index (χ2v) is 6.63. The highest BCUT2D eigenvalue weighted by molar-refractivity contribution is 6.42. The van der Waals surface area contributed by atoms with Crippen molar-refractivity contribution in [1.29, 1.82) is 0 Å². The van der Waals surface area contributed by atoms with Crippen LogP contribution >= 0.6 is 23.2 Å². The molecule has 27 heavy (non-hydrogen) atoms. The van der Waals surface area contributed by atoms with E-state index in [9.17, 15) is 9.59 Å². The van der Waals surface area contributed by atoms with Crippen LogP contribution in [-0.2, 0) is 0 Å². The Balaban J connectivity index is 1.82. The molecule has 1 aliphatic heterocycles. The van der Waals surface area contributed by atoms with Gasteiger partial charge >= 0.3 is 6.09 Å². The largest absolute Gasteiger partial charge is 0.452 e. The number of halogens is 2. The van der Waals surface area contributed by atoms with Crippen molar-refractivity contribution in [2.24, 2.45) is 0 Å². The number of nitrogens with zero attached hydrogens (tertiary/aromatic N) is 1. The maximum atomic E-state index is 12.5. The number of ether oxygens (including phenoxy) is 2. The molecule has 140 valence electrons. The molecule has 0 aromatic heterocycles. The first-order valence-electron chi connectivity index (χ1n) is 8.43. The van der Waals surface area contributed by atoms with E-state index >= 15 is 0 Å². The van der Waals surface area contributed by atoms with Crippen LogP contribution in [0.1, 0.15) is 29.8 Å². The number of Topliss-reactive ketones (excluding diaryl/α,β-unsaturated/α-hetero) is 1. The molecule has 0 radical (unpaired) electrons. The molecule has 0 N–H and O–H groups in total. The first-order valence-corrected chi connectivity index (χ1v) is 9.18. The van der Waals surface area contributed by atoms with E-state index in [1.807, 2.05) is 13.8 Å². The lowest BCUT2D eigenvalue weighted by Crippen LogP contribution is -2.33. The number of benzene rings is 2. The second kappa shape index (κ2) is 8.03. The lowest BCUT2D eigenvalue weighted by atomic mass is 10.1. The van der Waals surface area contributed by atoms with Crippen LogP contribution < -0.4 is 9.47 Å². The van der Waals surface area contributed by atoms with Crippen LogP contribution in [-0.4, -0.2) is 29.9 Å². The van der Waals surface area contributed by atoms with Crippen molar-refractivity contribution in [1.82, 2.24) is 4.90 Å². The Kier molecular flexibility index (Phi) is 5.73. The van der Waals surface area contributed by atoms with E-state index in [0.29, 0.717) is 45.8 Å². The molecule has 0 saturated heterocycles. The molecule has 0 spiro atoms. The average molecular weight is 406 g/mol. The minimum Gasteiger partial charge on any atom is -0.452 e. The molecule has 1 aliphatic rings. The predicted molar refractivity (Wildman–Crippen MR) is 105 cm³/mol. The Hall–Kier alpha value is -2.50. The van der Waals surface area contributed by atoms with Gasteiger partial charge in [0.25, 0.3) is 0 Å². The maximum absolute atomic E-state index is 12.5. The number of carbonyl (C=O) groups excluding carboxylic acids is 2. The zero-order valence-electron chi connectivity index (χ0n) is 14.8. The monoisotopic (exact) mass is 405 g/mol. The molecule has 1 heterocycles. The zero-order chi connectivity index (χ0) is 19.6. The standard InChI is InChI=1S/C20H17Cl2NO4/c1-3-23(4-2)20(25)26-13-6-7-14-17(11-13)27-18(19(14)24)10-12-5-8-15(21)16(22)9-12/h5-11H,3-4H2,1-2H3. The molecule has 0 unspecified atom stereocenters. The van der Waals surface area contributed by atoms with Gasteiger partial charge < -0.3 is 14.4 Å². The van der Waals surface area contributed by atoms with Gasteiger partial charge in [-0.15, -0.1) is 0 Å². The first-order chi connectivity index (χ1) is 12.9. The SMILES string of the molecule is CCN(CC)C(=O)Oc1ccc2c(c1)OC(=Cc1ccc(Cl)c(Cl)c1)C2=O. The summed E-state index contributed by atoms with van der Waals surface area (Å²) in [7, 11) is 0. The Morgan fingerprint density at radius 2 is 1.85 bits per heavy atom. The van der Waals surface area contributed by atoms with Gasteiger partial charge in [0, 0.05) is 19.2 Å². The van der Waals surface area contributed by atoms with Crippen LogP contribution in [0.5, 0.6) is 11.5 Å². The van der Waals surface area contributed by atoms with Gasteiger partial charge in [0.15, 0.2) is 5.76 Å². The van der Waals surface area contributed by atoms with Gasteiger partial charge in [0.2, 0.25) is 5.78 Å². The van der Waals surface area contributed by atoms with Crippen molar-refractivity contribution in [2.75, 3.05) is 13.1 Å². The molecular formula is C20H17Cl2NO4. The Labute approximate surface area is 167 Å². The summed E-state index contributed by atoms with van der Waals surface area (Å²) in [4.78, 5) is 26.1. The molecule has 0 aliphatic carbocycles. The molecule has 0 fully saturated rings. The number of fused-ring (bicyclic) bond motifs is 1. The number of carbonyl (C=O) groups is 2. The third-order valence-corrected chi connectivity index (χ3v) is 4.85. The molecule has 0 bridgehead atoms. The van der Waals surface area contributed by atoms with E-state index in [4.69, 9.17) is 32.7 Å². The summed E-state index contributed by atoms with van der Waals surface area (Å²) in [5, 5.41) is 0.819. The van der Waals surface area contributed by atoms with E-state index < -0.39 is 6.09 Å². The molecule has 0 saturated carbocycles. The summed E-state index contributed by atoms with van der Waals surface area (Å²) in [6.45, 7) is 4.84. The first kappa shape index (κ1) is 19.3. The lowest BCUT2D eigenvalue weighted by Gasteiger charge is -2.17. The lowest BCUT2D eigenvalue weighted by molar-refractivity contribution is 0.101. The van der Waals surface area contributed by atoms with Crippen LogP contribution in [0, 0.1) is 0 Å². The van der Waals surface area contributed by atoms with Crippen LogP contribution in [0.25, 0.3) is 6.08 Å². The van der Waals surface area contributed by atoms with E-state index in [0.717, 1.165) is 0 Å². The van der Waals surface area contributed by atoms with Crippen LogP contribution in [0.15, 0.2) is 42.2 Å². The van der Waals surface area contributed by atoms with E-state index in [2.05, 4.69) is 0 Å². The van der Waals surface area contributed by atoms with Gasteiger partial charge in [0.05, 0.1) is 15.6 Å². The minimum atomic E-state index is -0.448. The second-order valence-electron chi connectivity index (χ2n) is 5.81. The van der Waals surface area contributed by atoms with Gasteiger partial charge in [-0.25, -0.2) is 4.79 Å². The van der Waals surface area contributed by atoms with Crippen LogP contribution in [0.4, 0.5) is 4.79 Å². The van der Waals surface area contributed by atoms with Crippen molar-refractivity contribution in [2.45, 2.75) is 13.8 Å². The molecular weight excluding hydrogens is 389 g/mol. The minimum absolute atomic E-state index is 0.163. The number of hydrogen-bond donors (Lipinski definition) is 0. The highest BCUT2D eigenvalue weighted by Crippen LogP contribution is 2.35. The fraction of sp³-hybridized carbons (Fsp3) is 0.200. The number of ketones is 1. The number of allylic oxidation sites excluding steroid dienone is 1.